The van der Waals surface area contributed by atoms with Gasteiger partial charge >= 0.3 is 0 Å². The zero-order valence-electron chi connectivity index (χ0n) is 23.0. The van der Waals surface area contributed by atoms with E-state index in [4.69, 9.17) is 15.6 Å². The highest BCUT2D eigenvalue weighted by Crippen LogP contribution is 2.40. The van der Waals surface area contributed by atoms with Crippen LogP contribution in [0.25, 0.3) is 11.3 Å². The van der Waals surface area contributed by atoms with E-state index in [0.29, 0.717) is 47.9 Å². The topological polar surface area (TPSA) is 123 Å². The number of nitrogens with zero attached hydrogens (tertiary/aromatic N) is 3. The van der Waals surface area contributed by atoms with E-state index >= 15 is 0 Å². The standard InChI is InChI=1S/C30H37N5O4Si/c1-40(2,38)20-6-9-26(36)34-18-15-21(16-19-34)25-14-17-32-30-27(29(31)37)28(33-35(25)30)22-10-12-24(13-11-22)39-23-7-4-3-5-8-23/h3-13,21,25,32,38H,14-20H2,1-2H3,(H2,31,37)/b9-6+. The second kappa shape index (κ2) is 11.7. The second-order valence-electron chi connectivity index (χ2n) is 11.2. The van der Waals surface area contributed by atoms with Crippen molar-refractivity contribution in [3.8, 4) is 22.8 Å². The van der Waals surface area contributed by atoms with Crippen LogP contribution in [0.15, 0.2) is 66.7 Å². The molecule has 40 heavy (non-hydrogen) atoms. The predicted octanol–water partition coefficient (Wildman–Crippen LogP) is 4.79. The third-order valence-electron chi connectivity index (χ3n) is 7.58. The lowest BCUT2D eigenvalue weighted by Crippen LogP contribution is -2.41. The van der Waals surface area contributed by atoms with Crippen LogP contribution in [0.5, 0.6) is 11.5 Å². The molecule has 3 heterocycles. The third kappa shape index (κ3) is 6.29. The van der Waals surface area contributed by atoms with Gasteiger partial charge in [-0.25, -0.2) is 4.68 Å². The normalized spacial score (nSPS) is 17.9. The molecule has 2 aromatic carbocycles. The zero-order valence-corrected chi connectivity index (χ0v) is 24.0. The molecule has 9 nitrogen and oxygen atoms in total. The van der Waals surface area contributed by atoms with Gasteiger partial charge in [-0.05, 0) is 86.8 Å². The molecule has 2 amide bonds. The number of primary amides is 1. The van der Waals surface area contributed by atoms with E-state index in [2.05, 4.69) is 5.32 Å². The van der Waals surface area contributed by atoms with E-state index in [0.717, 1.165) is 37.1 Å². The molecule has 3 aromatic rings. The Morgan fingerprint density at radius 1 is 1.07 bits per heavy atom. The number of para-hydroxylation sites is 1. The Balaban J connectivity index is 1.31. The number of likely N-dealkylation sites (tertiary alicyclic amines) is 1. The van der Waals surface area contributed by atoms with Crippen LogP contribution < -0.4 is 15.8 Å². The van der Waals surface area contributed by atoms with Crippen LogP contribution in [-0.2, 0) is 4.79 Å². The number of benzene rings is 2. The highest BCUT2D eigenvalue weighted by atomic mass is 28.4. The lowest BCUT2D eigenvalue weighted by atomic mass is 9.87. The summed E-state index contributed by atoms with van der Waals surface area (Å²) in [4.78, 5) is 37.2. The van der Waals surface area contributed by atoms with E-state index in [1.54, 1.807) is 12.2 Å². The van der Waals surface area contributed by atoms with Crippen LogP contribution in [0.3, 0.4) is 0 Å². The molecule has 0 saturated carbocycles. The molecular weight excluding hydrogens is 522 g/mol. The molecule has 2 aliphatic heterocycles. The van der Waals surface area contributed by atoms with Crippen LogP contribution in [-0.4, -0.2) is 59.2 Å². The maximum Gasteiger partial charge on any atom is 0.254 e. The highest BCUT2D eigenvalue weighted by molar-refractivity contribution is 6.70. The lowest BCUT2D eigenvalue weighted by Gasteiger charge is -2.38. The average Bonchev–Trinajstić information content (AvgIpc) is 3.34. The van der Waals surface area contributed by atoms with Gasteiger partial charge in [-0.15, -0.1) is 0 Å². The summed E-state index contributed by atoms with van der Waals surface area (Å²) in [6.07, 6.45) is 6.00. The van der Waals surface area contributed by atoms with Crippen LogP contribution in [0.2, 0.25) is 19.1 Å². The van der Waals surface area contributed by atoms with Crippen molar-refractivity contribution in [2.75, 3.05) is 25.0 Å². The Bertz CT molecular complexity index is 1370. The molecule has 10 heteroatoms. The minimum absolute atomic E-state index is 0.000203. The summed E-state index contributed by atoms with van der Waals surface area (Å²) in [6.45, 7) is 5.79. The van der Waals surface area contributed by atoms with E-state index in [1.807, 2.05) is 77.3 Å². The first-order chi connectivity index (χ1) is 19.2. The van der Waals surface area contributed by atoms with Gasteiger partial charge in [0.25, 0.3) is 5.91 Å². The van der Waals surface area contributed by atoms with E-state index < -0.39 is 14.2 Å². The van der Waals surface area contributed by atoms with Crippen molar-refractivity contribution in [2.24, 2.45) is 11.7 Å². The number of carbonyl (C=O) groups excluding carboxylic acids is 2. The molecule has 0 aliphatic carbocycles. The van der Waals surface area contributed by atoms with Crippen molar-refractivity contribution in [3.63, 3.8) is 0 Å². The van der Waals surface area contributed by atoms with Crippen molar-refractivity contribution >= 4 is 25.9 Å². The number of amides is 2. The molecule has 5 rings (SSSR count). The smallest absolute Gasteiger partial charge is 0.254 e. The van der Waals surface area contributed by atoms with E-state index in [9.17, 15) is 14.4 Å². The molecule has 1 saturated heterocycles. The summed E-state index contributed by atoms with van der Waals surface area (Å²) in [6, 6.07) is 17.8. The van der Waals surface area contributed by atoms with Crippen molar-refractivity contribution < 1.29 is 19.1 Å². The van der Waals surface area contributed by atoms with Gasteiger partial charge in [-0.1, -0.05) is 24.3 Å². The molecule has 1 fully saturated rings. The van der Waals surface area contributed by atoms with Crippen LogP contribution in [0.1, 0.15) is 35.7 Å². The average molecular weight is 560 g/mol. The molecule has 0 radical (unpaired) electrons. The molecule has 4 N–H and O–H groups in total. The molecule has 0 spiro atoms. The molecule has 210 valence electrons. The monoisotopic (exact) mass is 559 g/mol. The summed E-state index contributed by atoms with van der Waals surface area (Å²) < 4.78 is 7.86. The quantitative estimate of drug-likeness (QED) is 0.269. The minimum Gasteiger partial charge on any atom is -0.457 e. The van der Waals surface area contributed by atoms with Gasteiger partial charge in [0.05, 0.1) is 6.04 Å². The van der Waals surface area contributed by atoms with Crippen molar-refractivity contribution in [3.05, 3.63) is 72.3 Å². The van der Waals surface area contributed by atoms with Gasteiger partial charge in [0.15, 0.2) is 8.32 Å². The first kappa shape index (κ1) is 27.7. The maximum atomic E-state index is 12.7. The van der Waals surface area contributed by atoms with Gasteiger partial charge in [-0.3, -0.25) is 9.59 Å². The predicted molar refractivity (Wildman–Crippen MR) is 158 cm³/mol. The fraction of sp³-hybridized carbons (Fsp3) is 0.367. The number of nitrogens with two attached hydrogens (primary N) is 1. The maximum absolute atomic E-state index is 12.7. The fourth-order valence-electron chi connectivity index (χ4n) is 5.54. The molecule has 1 aromatic heterocycles. The minimum atomic E-state index is -2.21. The van der Waals surface area contributed by atoms with E-state index in [1.165, 1.54) is 0 Å². The van der Waals surface area contributed by atoms with Gasteiger partial charge in [0, 0.05) is 25.2 Å². The molecule has 2 aliphatic rings. The van der Waals surface area contributed by atoms with E-state index in [-0.39, 0.29) is 11.9 Å². The summed E-state index contributed by atoms with van der Waals surface area (Å²) >= 11 is 0. The van der Waals surface area contributed by atoms with Crippen molar-refractivity contribution in [1.29, 1.82) is 0 Å². The van der Waals surface area contributed by atoms with Crippen molar-refractivity contribution in [2.45, 2.75) is 44.4 Å². The Hall–Kier alpha value is -3.89. The van der Waals surface area contributed by atoms with Gasteiger partial charge in [0.1, 0.15) is 28.6 Å². The first-order valence-electron chi connectivity index (χ1n) is 13.9. The van der Waals surface area contributed by atoms with Crippen molar-refractivity contribution in [1.82, 2.24) is 14.7 Å². The summed E-state index contributed by atoms with van der Waals surface area (Å²) in [5.41, 5.74) is 7.62. The van der Waals surface area contributed by atoms with Crippen LogP contribution >= 0.6 is 0 Å². The molecule has 1 atom stereocenters. The first-order valence-corrected chi connectivity index (χ1v) is 17.0. The number of rotatable bonds is 8. The number of allylic oxidation sites excluding steroid dienone is 1. The largest absolute Gasteiger partial charge is 0.457 e. The number of aromatic nitrogens is 2. The number of fused-ring (bicyclic) bond motifs is 1. The fourth-order valence-corrected chi connectivity index (χ4v) is 6.23. The van der Waals surface area contributed by atoms with Crippen LogP contribution in [0, 0.1) is 5.92 Å². The number of anilines is 1. The number of ether oxygens (including phenoxy) is 1. The summed E-state index contributed by atoms with van der Waals surface area (Å²) in [5.74, 6) is 1.91. The van der Waals surface area contributed by atoms with Crippen LogP contribution in [0.4, 0.5) is 5.82 Å². The molecule has 0 bridgehead atoms. The third-order valence-corrected chi connectivity index (χ3v) is 8.82. The number of nitrogens with one attached hydrogen (secondary N) is 1. The number of hydrogen-bond donors (Lipinski definition) is 3. The lowest BCUT2D eigenvalue weighted by molar-refractivity contribution is -0.127. The number of carbonyl (C=O) groups is 2. The molecular formula is C30H37N5O4Si. The number of hydrogen-bond acceptors (Lipinski definition) is 6. The Labute approximate surface area is 235 Å². The summed E-state index contributed by atoms with van der Waals surface area (Å²) in [5, 5.41) is 8.29. The SMILES string of the molecule is C[Si](C)(O)C/C=C/C(=O)N1CCC(C2CCNc3c(C(N)=O)c(-c4ccc(Oc5ccccc5)cc4)nn32)CC1. The Morgan fingerprint density at radius 3 is 2.40 bits per heavy atom. The second-order valence-corrected chi connectivity index (χ2v) is 15.2. The summed E-state index contributed by atoms with van der Waals surface area (Å²) in [7, 11) is -2.21. The zero-order chi connectivity index (χ0) is 28.3. The Kier molecular flexibility index (Phi) is 8.08. The highest BCUT2D eigenvalue weighted by Gasteiger charge is 2.35. The van der Waals surface area contributed by atoms with Gasteiger partial charge < -0.3 is 25.5 Å². The molecule has 1 unspecified atom stereocenters. The van der Waals surface area contributed by atoms with Gasteiger partial charge in [-0.2, -0.15) is 5.10 Å². The van der Waals surface area contributed by atoms with Gasteiger partial charge in [0.2, 0.25) is 5.91 Å². The number of piperidine rings is 1. The Morgan fingerprint density at radius 2 is 1.75 bits per heavy atom.